The smallest absolute Gasteiger partial charge is 0.178 e. The van der Waals surface area contributed by atoms with Gasteiger partial charge in [-0.1, -0.05) is 33.6 Å². The molecule has 0 saturated carbocycles. The van der Waals surface area contributed by atoms with E-state index in [-0.39, 0.29) is 28.2 Å². The van der Waals surface area contributed by atoms with Crippen LogP contribution in [-0.4, -0.2) is 25.3 Å². The molecule has 1 aromatic carbocycles. The second-order valence-corrected chi connectivity index (χ2v) is 6.22. The van der Waals surface area contributed by atoms with Gasteiger partial charge in [0, 0.05) is 6.42 Å². The minimum atomic E-state index is -3.32. The molecular formula is C11H13BrO3S. The molecule has 0 spiro atoms. The van der Waals surface area contributed by atoms with Gasteiger partial charge in [-0.2, -0.15) is 0 Å². The lowest BCUT2D eigenvalue weighted by molar-refractivity contribution is -0.116. The second-order valence-electron chi connectivity index (χ2n) is 3.55. The van der Waals surface area contributed by atoms with E-state index in [9.17, 15) is 13.2 Å². The highest BCUT2D eigenvalue weighted by molar-refractivity contribution is 9.09. The molecule has 0 N–H and O–H groups in total. The van der Waals surface area contributed by atoms with Crippen LogP contribution in [0.5, 0.6) is 0 Å². The first-order chi connectivity index (χ1) is 7.45. The maximum absolute atomic E-state index is 11.8. The second kappa shape index (κ2) is 5.59. The zero-order valence-corrected chi connectivity index (χ0v) is 11.3. The van der Waals surface area contributed by atoms with Crippen molar-refractivity contribution in [1.82, 2.24) is 0 Å². The minimum absolute atomic E-state index is 0.0570. The maximum Gasteiger partial charge on any atom is 0.178 e. The normalized spacial score (nSPS) is 11.4. The Bertz CT molecular complexity index is 463. The van der Waals surface area contributed by atoms with Crippen LogP contribution in [0.4, 0.5) is 0 Å². The van der Waals surface area contributed by atoms with Crippen LogP contribution in [0.3, 0.4) is 0 Å². The molecule has 0 heterocycles. The SMILES string of the molecule is Cc1ccc(S(=O)(=O)CCC(=O)CBr)cc1. The lowest BCUT2D eigenvalue weighted by Crippen LogP contribution is -2.12. The third kappa shape index (κ3) is 3.72. The summed E-state index contributed by atoms with van der Waals surface area (Å²) in [5.41, 5.74) is 1.01. The number of aryl methyl sites for hydroxylation is 1. The molecule has 0 saturated heterocycles. The van der Waals surface area contributed by atoms with E-state index >= 15 is 0 Å². The summed E-state index contributed by atoms with van der Waals surface area (Å²) < 4.78 is 23.6. The number of hydrogen-bond donors (Lipinski definition) is 0. The summed E-state index contributed by atoms with van der Waals surface area (Å²) in [5, 5.41) is 0.205. The van der Waals surface area contributed by atoms with Crippen LogP contribution < -0.4 is 0 Å². The number of benzene rings is 1. The quantitative estimate of drug-likeness (QED) is 0.783. The Morgan fingerprint density at radius 1 is 1.25 bits per heavy atom. The van der Waals surface area contributed by atoms with Crippen LogP contribution in [0.2, 0.25) is 0 Å². The van der Waals surface area contributed by atoms with Crippen LogP contribution in [0.25, 0.3) is 0 Å². The summed E-state index contributed by atoms with van der Waals surface area (Å²) in [7, 11) is -3.32. The molecule has 1 rings (SSSR count). The lowest BCUT2D eigenvalue weighted by Gasteiger charge is -2.03. The zero-order valence-electron chi connectivity index (χ0n) is 8.94. The molecule has 3 nitrogen and oxygen atoms in total. The van der Waals surface area contributed by atoms with E-state index in [1.54, 1.807) is 24.3 Å². The summed E-state index contributed by atoms with van der Waals surface area (Å²) in [6.07, 6.45) is 0.0570. The van der Waals surface area contributed by atoms with Crippen molar-refractivity contribution in [2.24, 2.45) is 0 Å². The van der Waals surface area contributed by atoms with Crippen molar-refractivity contribution in [3.8, 4) is 0 Å². The standard InChI is InChI=1S/C11H13BrO3S/c1-9-2-4-11(5-3-9)16(14,15)7-6-10(13)8-12/h2-5H,6-8H2,1H3. The largest absolute Gasteiger partial charge is 0.299 e. The van der Waals surface area contributed by atoms with Crippen molar-refractivity contribution in [3.05, 3.63) is 29.8 Å². The number of rotatable bonds is 5. The predicted molar refractivity (Wildman–Crippen MR) is 66.6 cm³/mol. The molecule has 0 radical (unpaired) electrons. The fourth-order valence-corrected chi connectivity index (χ4v) is 2.74. The molecule has 0 fully saturated rings. The third-order valence-corrected chi connectivity index (χ3v) is 4.54. The average Bonchev–Trinajstić information content (AvgIpc) is 2.26. The highest BCUT2D eigenvalue weighted by Crippen LogP contribution is 2.13. The van der Waals surface area contributed by atoms with Gasteiger partial charge in [0.15, 0.2) is 9.84 Å². The van der Waals surface area contributed by atoms with Crippen LogP contribution in [0.15, 0.2) is 29.2 Å². The van der Waals surface area contributed by atoms with Gasteiger partial charge in [-0.05, 0) is 19.1 Å². The Hall–Kier alpha value is -0.680. The van der Waals surface area contributed by atoms with E-state index in [2.05, 4.69) is 15.9 Å². The number of alkyl halides is 1. The number of Topliss-reactive ketones (excluding diaryl/α,β-unsaturated/α-hetero) is 1. The number of hydrogen-bond acceptors (Lipinski definition) is 3. The van der Waals surface area contributed by atoms with Crippen LogP contribution in [-0.2, 0) is 14.6 Å². The fourth-order valence-electron chi connectivity index (χ4n) is 1.18. The molecular weight excluding hydrogens is 292 g/mol. The van der Waals surface area contributed by atoms with Gasteiger partial charge in [0.1, 0.15) is 5.78 Å². The van der Waals surface area contributed by atoms with E-state index in [1.165, 1.54) is 0 Å². The van der Waals surface area contributed by atoms with E-state index in [4.69, 9.17) is 0 Å². The highest BCUT2D eigenvalue weighted by atomic mass is 79.9. The van der Waals surface area contributed by atoms with Crippen LogP contribution >= 0.6 is 15.9 Å². The van der Waals surface area contributed by atoms with Crippen molar-refractivity contribution >= 4 is 31.6 Å². The highest BCUT2D eigenvalue weighted by Gasteiger charge is 2.15. The number of carbonyl (C=O) groups is 1. The van der Waals surface area contributed by atoms with E-state index in [0.29, 0.717) is 0 Å². The molecule has 0 aliphatic heterocycles. The number of halogens is 1. The third-order valence-electron chi connectivity index (χ3n) is 2.18. The van der Waals surface area contributed by atoms with Crippen molar-refractivity contribution in [2.45, 2.75) is 18.2 Å². The van der Waals surface area contributed by atoms with E-state index in [1.807, 2.05) is 6.92 Å². The van der Waals surface area contributed by atoms with Crippen LogP contribution in [0, 0.1) is 6.92 Å². The van der Waals surface area contributed by atoms with Crippen molar-refractivity contribution < 1.29 is 13.2 Å². The van der Waals surface area contributed by atoms with Crippen molar-refractivity contribution in [1.29, 1.82) is 0 Å². The Balaban J connectivity index is 2.78. The molecule has 0 amide bonds. The molecule has 0 bridgehead atoms. The number of carbonyl (C=O) groups excluding carboxylic acids is 1. The molecule has 0 aliphatic rings. The zero-order chi connectivity index (χ0) is 12.2. The van der Waals surface area contributed by atoms with Gasteiger partial charge >= 0.3 is 0 Å². The monoisotopic (exact) mass is 304 g/mol. The molecule has 0 atom stereocenters. The van der Waals surface area contributed by atoms with Gasteiger partial charge in [-0.3, -0.25) is 4.79 Å². The first kappa shape index (κ1) is 13.4. The lowest BCUT2D eigenvalue weighted by atomic mass is 10.2. The van der Waals surface area contributed by atoms with E-state index < -0.39 is 9.84 Å². The van der Waals surface area contributed by atoms with Gasteiger partial charge in [0.25, 0.3) is 0 Å². The number of sulfone groups is 1. The Morgan fingerprint density at radius 3 is 2.31 bits per heavy atom. The van der Waals surface area contributed by atoms with E-state index in [0.717, 1.165) is 5.56 Å². The van der Waals surface area contributed by atoms with Gasteiger partial charge in [-0.25, -0.2) is 8.42 Å². The molecule has 0 aliphatic carbocycles. The van der Waals surface area contributed by atoms with Gasteiger partial charge in [0.2, 0.25) is 0 Å². The van der Waals surface area contributed by atoms with Crippen molar-refractivity contribution in [2.75, 3.05) is 11.1 Å². The first-order valence-corrected chi connectivity index (χ1v) is 7.60. The molecule has 5 heteroatoms. The first-order valence-electron chi connectivity index (χ1n) is 4.83. The molecule has 16 heavy (non-hydrogen) atoms. The predicted octanol–water partition coefficient (Wildman–Crippen LogP) is 2.12. The summed E-state index contributed by atoms with van der Waals surface area (Å²) >= 11 is 3.00. The Morgan fingerprint density at radius 2 is 1.81 bits per heavy atom. The average molecular weight is 305 g/mol. The van der Waals surface area contributed by atoms with Gasteiger partial charge < -0.3 is 0 Å². The van der Waals surface area contributed by atoms with Crippen LogP contribution in [0.1, 0.15) is 12.0 Å². The minimum Gasteiger partial charge on any atom is -0.299 e. The summed E-state index contributed by atoms with van der Waals surface area (Å²) in [6.45, 7) is 1.89. The molecule has 0 unspecified atom stereocenters. The number of ketones is 1. The summed E-state index contributed by atoms with van der Waals surface area (Å²) in [5.74, 6) is -0.226. The summed E-state index contributed by atoms with van der Waals surface area (Å²) in [4.78, 5) is 11.3. The maximum atomic E-state index is 11.8. The van der Waals surface area contributed by atoms with Crippen molar-refractivity contribution in [3.63, 3.8) is 0 Å². The Kier molecular flexibility index (Phi) is 4.68. The molecule has 88 valence electrons. The summed E-state index contributed by atoms with van der Waals surface area (Å²) in [6, 6.07) is 6.64. The molecule has 1 aromatic rings. The van der Waals surface area contributed by atoms with Gasteiger partial charge in [-0.15, -0.1) is 0 Å². The van der Waals surface area contributed by atoms with Gasteiger partial charge in [0.05, 0.1) is 16.0 Å². The molecule has 0 aromatic heterocycles. The topological polar surface area (TPSA) is 51.2 Å². The Labute approximate surface area is 104 Å². The fraction of sp³-hybridized carbons (Fsp3) is 0.364.